The first-order chi connectivity index (χ1) is 13.7. The minimum Gasteiger partial charge on any atom is -0.322 e. The van der Waals surface area contributed by atoms with Gasteiger partial charge in [-0.25, -0.2) is 21.6 Å². The van der Waals surface area contributed by atoms with E-state index in [0.29, 0.717) is 13.1 Å². The Bertz CT molecular complexity index is 995. The molecule has 1 fully saturated rings. The van der Waals surface area contributed by atoms with E-state index in [-0.39, 0.29) is 18.0 Å². The number of hydrogen-bond acceptors (Lipinski definition) is 4. The van der Waals surface area contributed by atoms with Crippen molar-refractivity contribution in [1.29, 1.82) is 0 Å². The van der Waals surface area contributed by atoms with Crippen molar-refractivity contribution in [3.63, 3.8) is 0 Å². The lowest BCUT2D eigenvalue weighted by atomic mass is 10.2. The van der Waals surface area contributed by atoms with Gasteiger partial charge in [-0.2, -0.15) is 4.31 Å². The molecule has 1 heterocycles. The van der Waals surface area contributed by atoms with Crippen molar-refractivity contribution >= 4 is 21.6 Å². The van der Waals surface area contributed by atoms with Gasteiger partial charge in [-0.15, -0.1) is 0 Å². The lowest BCUT2D eigenvalue weighted by Crippen LogP contribution is -2.53. The van der Waals surface area contributed by atoms with E-state index in [0.717, 1.165) is 12.1 Å². The van der Waals surface area contributed by atoms with Crippen LogP contribution in [-0.4, -0.2) is 55.8 Å². The highest BCUT2D eigenvalue weighted by Crippen LogP contribution is 2.21. The molecule has 10 heteroatoms. The lowest BCUT2D eigenvalue weighted by Gasteiger charge is -2.36. The molecular formula is C19H20F3N3O3S. The summed E-state index contributed by atoms with van der Waals surface area (Å²) in [4.78, 5) is 14.3. The smallest absolute Gasteiger partial charge is 0.243 e. The van der Waals surface area contributed by atoms with Crippen LogP contribution in [0.15, 0.2) is 47.4 Å². The third-order valence-corrected chi connectivity index (χ3v) is 6.79. The van der Waals surface area contributed by atoms with Crippen LogP contribution in [0.5, 0.6) is 0 Å². The summed E-state index contributed by atoms with van der Waals surface area (Å²) in [5, 5.41) is 2.25. The molecule has 1 amide bonds. The Hall–Kier alpha value is -2.43. The SMILES string of the molecule is C[C@@H](C(=O)Nc1ccc(F)c(F)c1F)N1CCN(S(=O)(=O)c2ccccc2)CC1. The molecule has 6 nitrogen and oxygen atoms in total. The number of amides is 1. The number of carbonyl (C=O) groups excluding carboxylic acids is 1. The first-order valence-corrected chi connectivity index (χ1v) is 10.4. The van der Waals surface area contributed by atoms with Gasteiger partial charge in [0, 0.05) is 26.2 Å². The summed E-state index contributed by atoms with van der Waals surface area (Å²) in [5.41, 5.74) is -0.453. The van der Waals surface area contributed by atoms with Gasteiger partial charge in [0.2, 0.25) is 15.9 Å². The third kappa shape index (κ3) is 4.44. The second kappa shape index (κ2) is 8.52. The quantitative estimate of drug-likeness (QED) is 0.745. The van der Waals surface area contributed by atoms with E-state index in [4.69, 9.17) is 0 Å². The third-order valence-electron chi connectivity index (χ3n) is 4.87. The van der Waals surface area contributed by atoms with Gasteiger partial charge in [-0.05, 0) is 31.2 Å². The molecule has 0 spiro atoms. The molecule has 0 aromatic heterocycles. The van der Waals surface area contributed by atoms with Crippen molar-refractivity contribution in [3.05, 3.63) is 59.9 Å². The summed E-state index contributed by atoms with van der Waals surface area (Å²) in [5.74, 6) is -5.07. The number of rotatable bonds is 5. The van der Waals surface area contributed by atoms with Crippen molar-refractivity contribution in [2.24, 2.45) is 0 Å². The first-order valence-electron chi connectivity index (χ1n) is 8.95. The number of piperazine rings is 1. The number of nitrogens with one attached hydrogen (secondary N) is 1. The van der Waals surface area contributed by atoms with Crippen molar-refractivity contribution < 1.29 is 26.4 Å². The Morgan fingerprint density at radius 2 is 1.59 bits per heavy atom. The summed E-state index contributed by atoms with van der Waals surface area (Å²) >= 11 is 0. The number of halogens is 3. The van der Waals surface area contributed by atoms with Crippen LogP contribution in [0, 0.1) is 17.5 Å². The van der Waals surface area contributed by atoms with Gasteiger partial charge in [0.15, 0.2) is 17.5 Å². The van der Waals surface area contributed by atoms with Crippen molar-refractivity contribution in [3.8, 4) is 0 Å². The second-order valence-corrected chi connectivity index (χ2v) is 8.58. The zero-order valence-corrected chi connectivity index (χ0v) is 16.4. The van der Waals surface area contributed by atoms with E-state index in [2.05, 4.69) is 5.32 Å². The van der Waals surface area contributed by atoms with Gasteiger partial charge >= 0.3 is 0 Å². The van der Waals surface area contributed by atoms with Crippen LogP contribution in [0.1, 0.15) is 6.92 Å². The number of benzene rings is 2. The number of nitrogens with zero attached hydrogens (tertiary/aromatic N) is 2. The Labute approximate surface area is 167 Å². The van der Waals surface area contributed by atoms with Crippen molar-refractivity contribution in [2.75, 3.05) is 31.5 Å². The molecule has 1 N–H and O–H groups in total. The molecule has 0 bridgehead atoms. The van der Waals surface area contributed by atoms with E-state index in [1.165, 1.54) is 16.4 Å². The minimum absolute atomic E-state index is 0.189. The van der Waals surface area contributed by atoms with Crippen molar-refractivity contribution in [2.45, 2.75) is 17.9 Å². The van der Waals surface area contributed by atoms with Gasteiger partial charge in [-0.1, -0.05) is 18.2 Å². The number of hydrogen-bond donors (Lipinski definition) is 1. The van der Waals surface area contributed by atoms with E-state index in [1.807, 2.05) is 0 Å². The highest BCUT2D eigenvalue weighted by molar-refractivity contribution is 7.89. The highest BCUT2D eigenvalue weighted by Gasteiger charge is 2.32. The first kappa shape index (κ1) is 21.3. The molecule has 0 unspecified atom stereocenters. The predicted octanol–water partition coefficient (Wildman–Crippen LogP) is 2.44. The van der Waals surface area contributed by atoms with Crippen LogP contribution in [0.2, 0.25) is 0 Å². The molecule has 0 radical (unpaired) electrons. The maximum atomic E-state index is 13.8. The molecule has 0 saturated carbocycles. The number of anilines is 1. The molecule has 2 aromatic rings. The van der Waals surface area contributed by atoms with E-state index in [1.54, 1.807) is 30.0 Å². The summed E-state index contributed by atoms with van der Waals surface area (Å²) in [6.07, 6.45) is 0. The fourth-order valence-corrected chi connectivity index (χ4v) is 4.54. The van der Waals surface area contributed by atoms with Crippen LogP contribution in [0.25, 0.3) is 0 Å². The number of carbonyl (C=O) groups is 1. The topological polar surface area (TPSA) is 69.7 Å². The maximum Gasteiger partial charge on any atom is 0.243 e. The molecule has 1 aliphatic rings. The Balaban J connectivity index is 1.62. The zero-order valence-electron chi connectivity index (χ0n) is 15.6. The molecule has 1 aliphatic heterocycles. The summed E-state index contributed by atoms with van der Waals surface area (Å²) in [6, 6.07) is 9.02. The van der Waals surface area contributed by atoms with Gasteiger partial charge in [0.25, 0.3) is 0 Å². The lowest BCUT2D eigenvalue weighted by molar-refractivity contribution is -0.121. The fourth-order valence-electron chi connectivity index (χ4n) is 3.10. The Morgan fingerprint density at radius 3 is 2.21 bits per heavy atom. The van der Waals surface area contributed by atoms with Gasteiger partial charge in [-0.3, -0.25) is 9.69 Å². The summed E-state index contributed by atoms with van der Waals surface area (Å²) < 4.78 is 66.7. The van der Waals surface area contributed by atoms with Crippen LogP contribution >= 0.6 is 0 Å². The zero-order chi connectivity index (χ0) is 21.2. The Morgan fingerprint density at radius 1 is 0.966 bits per heavy atom. The monoisotopic (exact) mass is 427 g/mol. The summed E-state index contributed by atoms with van der Waals surface area (Å²) in [6.45, 7) is 2.54. The molecule has 1 atom stereocenters. The van der Waals surface area contributed by atoms with E-state index >= 15 is 0 Å². The normalized spacial score (nSPS) is 17.1. The molecule has 1 saturated heterocycles. The number of sulfonamides is 1. The molecule has 156 valence electrons. The molecule has 29 heavy (non-hydrogen) atoms. The maximum absolute atomic E-state index is 13.8. The van der Waals surface area contributed by atoms with Gasteiger partial charge in [0.05, 0.1) is 16.6 Å². The largest absolute Gasteiger partial charge is 0.322 e. The highest BCUT2D eigenvalue weighted by atomic mass is 32.2. The molecule has 3 rings (SSSR count). The molecule has 2 aromatic carbocycles. The fraction of sp³-hybridized carbons (Fsp3) is 0.316. The average molecular weight is 427 g/mol. The minimum atomic E-state index is -3.62. The summed E-state index contributed by atoms with van der Waals surface area (Å²) in [7, 11) is -3.62. The predicted molar refractivity (Wildman–Crippen MR) is 101 cm³/mol. The van der Waals surface area contributed by atoms with Crippen molar-refractivity contribution in [1.82, 2.24) is 9.21 Å². The van der Waals surface area contributed by atoms with E-state index < -0.39 is 45.1 Å². The van der Waals surface area contributed by atoms with Crippen LogP contribution in [0.3, 0.4) is 0 Å². The molecule has 0 aliphatic carbocycles. The van der Waals surface area contributed by atoms with Crippen LogP contribution < -0.4 is 5.32 Å². The second-order valence-electron chi connectivity index (χ2n) is 6.64. The van der Waals surface area contributed by atoms with Gasteiger partial charge in [0.1, 0.15) is 0 Å². The average Bonchev–Trinajstić information content (AvgIpc) is 2.74. The molecular weight excluding hydrogens is 407 g/mol. The van der Waals surface area contributed by atoms with Crippen LogP contribution in [0.4, 0.5) is 18.9 Å². The van der Waals surface area contributed by atoms with Gasteiger partial charge < -0.3 is 5.32 Å². The van der Waals surface area contributed by atoms with Crippen LogP contribution in [-0.2, 0) is 14.8 Å². The van der Waals surface area contributed by atoms with E-state index in [9.17, 15) is 26.4 Å². The standard InChI is InChI=1S/C19H20F3N3O3S/c1-13(19(26)23-16-8-7-15(20)17(21)18(16)22)24-9-11-25(12-10-24)29(27,28)14-5-3-2-4-6-14/h2-8,13H,9-12H2,1H3,(H,23,26)/t13-/m0/s1. The Kier molecular flexibility index (Phi) is 6.25.